The molecule has 0 amide bonds. The first-order chi connectivity index (χ1) is 5.84. The maximum absolute atomic E-state index is 12.8. The molecule has 0 spiro atoms. The van der Waals surface area contributed by atoms with Crippen LogP contribution in [0.25, 0.3) is 0 Å². The number of nitrogen functional groups attached to an aromatic ring is 1. The lowest BCUT2D eigenvalue weighted by Crippen LogP contribution is -2.09. The third-order valence-corrected chi connectivity index (χ3v) is 1.80. The van der Waals surface area contributed by atoms with Crippen molar-refractivity contribution in [3.8, 4) is 0 Å². The normalized spacial score (nSPS) is 11.8. The molecule has 6 heteroatoms. The Morgan fingerprint density at radius 2 is 1.77 bits per heavy atom. The van der Waals surface area contributed by atoms with E-state index in [9.17, 15) is 17.6 Å². The molecule has 1 aromatic rings. The van der Waals surface area contributed by atoms with Crippen LogP contribution in [0.4, 0.5) is 23.2 Å². The SMILES string of the molecule is Nc1ccc(C(F)(F)F)c(F)c1Cl. The molecule has 1 aromatic carbocycles. The van der Waals surface area contributed by atoms with Crippen LogP contribution in [-0.4, -0.2) is 0 Å². The maximum Gasteiger partial charge on any atom is 0.419 e. The molecule has 0 radical (unpaired) electrons. The Balaban J connectivity index is 3.35. The average Bonchev–Trinajstić information content (AvgIpc) is 1.98. The lowest BCUT2D eigenvalue weighted by Gasteiger charge is -2.09. The second-order valence-corrected chi connectivity index (χ2v) is 2.71. The van der Waals surface area contributed by atoms with Gasteiger partial charge in [-0.2, -0.15) is 13.2 Å². The number of alkyl halides is 3. The number of anilines is 1. The van der Waals surface area contributed by atoms with Crippen molar-refractivity contribution in [1.82, 2.24) is 0 Å². The Kier molecular flexibility index (Phi) is 2.38. The molecule has 0 heterocycles. The fraction of sp³-hybridized carbons (Fsp3) is 0.143. The minimum Gasteiger partial charge on any atom is -0.397 e. The van der Waals surface area contributed by atoms with Crippen LogP contribution < -0.4 is 5.73 Å². The highest BCUT2D eigenvalue weighted by molar-refractivity contribution is 6.33. The van der Waals surface area contributed by atoms with Crippen LogP contribution in [0, 0.1) is 5.82 Å². The Morgan fingerprint density at radius 3 is 2.23 bits per heavy atom. The van der Waals surface area contributed by atoms with Gasteiger partial charge in [0.05, 0.1) is 16.3 Å². The summed E-state index contributed by atoms with van der Waals surface area (Å²) in [5.41, 5.74) is 3.47. The van der Waals surface area contributed by atoms with Gasteiger partial charge in [-0.25, -0.2) is 4.39 Å². The first kappa shape index (κ1) is 10.1. The number of rotatable bonds is 0. The molecule has 0 aromatic heterocycles. The van der Waals surface area contributed by atoms with E-state index in [1.165, 1.54) is 0 Å². The highest BCUT2D eigenvalue weighted by atomic mass is 35.5. The third kappa shape index (κ3) is 1.85. The fourth-order valence-corrected chi connectivity index (χ4v) is 0.948. The predicted octanol–water partition coefficient (Wildman–Crippen LogP) is 3.08. The lowest BCUT2D eigenvalue weighted by molar-refractivity contribution is -0.139. The first-order valence-corrected chi connectivity index (χ1v) is 3.52. The van der Waals surface area contributed by atoms with Crippen LogP contribution in [0.5, 0.6) is 0 Å². The molecule has 0 fully saturated rings. The van der Waals surface area contributed by atoms with Crippen molar-refractivity contribution < 1.29 is 17.6 Å². The Hall–Kier alpha value is -0.970. The first-order valence-electron chi connectivity index (χ1n) is 3.14. The van der Waals surface area contributed by atoms with Gasteiger partial charge in [0.2, 0.25) is 0 Å². The monoisotopic (exact) mass is 213 g/mol. The zero-order chi connectivity index (χ0) is 10.2. The van der Waals surface area contributed by atoms with E-state index >= 15 is 0 Å². The molecular formula is C7H4ClF4N. The van der Waals surface area contributed by atoms with Gasteiger partial charge in [0.25, 0.3) is 0 Å². The van der Waals surface area contributed by atoms with E-state index in [0.29, 0.717) is 6.07 Å². The molecule has 0 saturated heterocycles. The molecule has 0 saturated carbocycles. The van der Waals surface area contributed by atoms with Crippen molar-refractivity contribution in [2.75, 3.05) is 5.73 Å². The minimum absolute atomic E-state index is 0.216. The molecule has 1 rings (SSSR count). The number of halogens is 5. The van der Waals surface area contributed by atoms with Crippen LogP contribution in [0.3, 0.4) is 0 Å². The summed E-state index contributed by atoms with van der Waals surface area (Å²) in [6.07, 6.45) is -4.75. The van der Waals surface area contributed by atoms with Crippen molar-refractivity contribution in [3.05, 3.63) is 28.5 Å². The van der Waals surface area contributed by atoms with Crippen molar-refractivity contribution >= 4 is 17.3 Å². The van der Waals surface area contributed by atoms with E-state index in [4.69, 9.17) is 17.3 Å². The summed E-state index contributed by atoms with van der Waals surface area (Å²) in [5.74, 6) is -1.53. The van der Waals surface area contributed by atoms with Crippen molar-refractivity contribution in [3.63, 3.8) is 0 Å². The quantitative estimate of drug-likeness (QED) is 0.520. The molecule has 0 atom stereocenters. The zero-order valence-corrected chi connectivity index (χ0v) is 6.88. The number of hydrogen-bond acceptors (Lipinski definition) is 1. The second kappa shape index (κ2) is 3.06. The predicted molar refractivity (Wildman–Crippen MR) is 40.8 cm³/mol. The van der Waals surface area contributed by atoms with Gasteiger partial charge in [-0.05, 0) is 12.1 Å². The molecule has 13 heavy (non-hydrogen) atoms. The van der Waals surface area contributed by atoms with Crippen LogP contribution >= 0.6 is 11.6 Å². The molecule has 0 aliphatic rings. The molecule has 0 bridgehead atoms. The summed E-state index contributed by atoms with van der Waals surface area (Å²) in [6.45, 7) is 0. The van der Waals surface area contributed by atoms with Gasteiger partial charge >= 0.3 is 6.18 Å². The van der Waals surface area contributed by atoms with E-state index < -0.39 is 22.6 Å². The fourth-order valence-electron chi connectivity index (χ4n) is 0.783. The Labute approximate surface area is 76.1 Å². The minimum atomic E-state index is -4.75. The average molecular weight is 214 g/mol. The maximum atomic E-state index is 12.8. The Morgan fingerprint density at radius 1 is 1.23 bits per heavy atom. The van der Waals surface area contributed by atoms with E-state index in [-0.39, 0.29) is 5.69 Å². The number of nitrogens with two attached hydrogens (primary N) is 1. The molecular weight excluding hydrogens is 210 g/mol. The smallest absolute Gasteiger partial charge is 0.397 e. The van der Waals surface area contributed by atoms with Gasteiger partial charge in [-0.1, -0.05) is 11.6 Å². The lowest BCUT2D eigenvalue weighted by atomic mass is 10.2. The van der Waals surface area contributed by atoms with E-state index in [1.807, 2.05) is 0 Å². The van der Waals surface area contributed by atoms with Gasteiger partial charge < -0.3 is 5.73 Å². The van der Waals surface area contributed by atoms with E-state index in [2.05, 4.69) is 0 Å². The summed E-state index contributed by atoms with van der Waals surface area (Å²) >= 11 is 5.19. The van der Waals surface area contributed by atoms with E-state index in [0.717, 1.165) is 6.07 Å². The molecule has 0 unspecified atom stereocenters. The summed E-state index contributed by atoms with van der Waals surface area (Å²) in [6, 6.07) is 1.46. The van der Waals surface area contributed by atoms with Gasteiger partial charge in [-0.15, -0.1) is 0 Å². The van der Waals surface area contributed by atoms with E-state index in [1.54, 1.807) is 0 Å². The van der Waals surface area contributed by atoms with Gasteiger partial charge in [0.1, 0.15) is 0 Å². The standard InChI is InChI=1S/C7H4ClF4N/c8-5-4(13)2-1-3(6(5)9)7(10,11)12/h1-2H,13H2. The van der Waals surface area contributed by atoms with Gasteiger partial charge in [0.15, 0.2) is 5.82 Å². The summed E-state index contributed by atoms with van der Waals surface area (Å²) in [7, 11) is 0. The van der Waals surface area contributed by atoms with Crippen molar-refractivity contribution in [2.45, 2.75) is 6.18 Å². The number of benzene rings is 1. The highest BCUT2D eigenvalue weighted by Crippen LogP contribution is 2.35. The summed E-state index contributed by atoms with van der Waals surface area (Å²) in [5, 5.41) is -0.699. The second-order valence-electron chi connectivity index (χ2n) is 2.33. The Bertz CT molecular complexity index is 334. The largest absolute Gasteiger partial charge is 0.419 e. The highest BCUT2D eigenvalue weighted by Gasteiger charge is 2.35. The van der Waals surface area contributed by atoms with Gasteiger partial charge in [0, 0.05) is 0 Å². The molecule has 1 nitrogen and oxygen atoms in total. The molecule has 0 aliphatic carbocycles. The van der Waals surface area contributed by atoms with Crippen molar-refractivity contribution in [1.29, 1.82) is 0 Å². The van der Waals surface area contributed by atoms with Crippen LogP contribution in [0.2, 0.25) is 5.02 Å². The van der Waals surface area contributed by atoms with Gasteiger partial charge in [-0.3, -0.25) is 0 Å². The molecule has 72 valence electrons. The molecule has 0 aliphatic heterocycles. The zero-order valence-electron chi connectivity index (χ0n) is 6.12. The van der Waals surface area contributed by atoms with Crippen LogP contribution in [-0.2, 0) is 6.18 Å². The topological polar surface area (TPSA) is 26.0 Å². The summed E-state index contributed by atoms with van der Waals surface area (Å²) < 4.78 is 48.9. The van der Waals surface area contributed by atoms with Crippen LogP contribution in [0.15, 0.2) is 12.1 Å². The summed E-state index contributed by atoms with van der Waals surface area (Å²) in [4.78, 5) is 0. The van der Waals surface area contributed by atoms with Crippen molar-refractivity contribution in [2.24, 2.45) is 0 Å². The number of hydrogen-bond donors (Lipinski definition) is 1. The molecule has 2 N–H and O–H groups in total. The van der Waals surface area contributed by atoms with Crippen LogP contribution in [0.1, 0.15) is 5.56 Å². The third-order valence-electron chi connectivity index (χ3n) is 1.42.